The van der Waals surface area contributed by atoms with Crippen LogP contribution in [-0.2, 0) is 6.54 Å². The zero-order valence-corrected chi connectivity index (χ0v) is 12.5. The molecule has 1 aromatic rings. The van der Waals surface area contributed by atoms with Crippen molar-refractivity contribution in [2.45, 2.75) is 52.0 Å². The lowest BCUT2D eigenvalue weighted by Gasteiger charge is -2.22. The fraction of sp³-hybridized carbons (Fsp3) is 0.647. The van der Waals surface area contributed by atoms with Gasteiger partial charge in [0.05, 0.1) is 6.61 Å². The summed E-state index contributed by atoms with van der Waals surface area (Å²) in [6.45, 7) is 4.51. The van der Waals surface area contributed by atoms with Gasteiger partial charge in [0.2, 0.25) is 0 Å². The van der Waals surface area contributed by atoms with Crippen molar-refractivity contribution in [3.8, 4) is 5.75 Å². The zero-order valence-electron chi connectivity index (χ0n) is 12.5. The van der Waals surface area contributed by atoms with Crippen LogP contribution in [0.4, 0.5) is 4.39 Å². The highest BCUT2D eigenvalue weighted by atomic mass is 19.1. The molecule has 1 N–H and O–H groups in total. The minimum Gasteiger partial charge on any atom is -0.493 e. The Kier molecular flexibility index (Phi) is 6.31. The summed E-state index contributed by atoms with van der Waals surface area (Å²) in [7, 11) is 0. The van der Waals surface area contributed by atoms with Gasteiger partial charge in [-0.2, -0.15) is 0 Å². The maximum Gasteiger partial charge on any atom is 0.123 e. The van der Waals surface area contributed by atoms with E-state index >= 15 is 0 Å². The van der Waals surface area contributed by atoms with Crippen LogP contribution in [0.1, 0.15) is 51.0 Å². The Morgan fingerprint density at radius 3 is 2.80 bits per heavy atom. The fourth-order valence-corrected chi connectivity index (χ4v) is 2.79. The molecule has 1 saturated carbocycles. The van der Waals surface area contributed by atoms with Gasteiger partial charge in [-0.15, -0.1) is 0 Å². The highest BCUT2D eigenvalue weighted by molar-refractivity contribution is 5.34. The van der Waals surface area contributed by atoms with Crippen molar-refractivity contribution in [3.63, 3.8) is 0 Å². The van der Waals surface area contributed by atoms with Crippen LogP contribution in [0.3, 0.4) is 0 Å². The Bertz CT molecular complexity index is 402. The first kappa shape index (κ1) is 15.3. The van der Waals surface area contributed by atoms with Crippen molar-refractivity contribution in [2.24, 2.45) is 5.92 Å². The van der Waals surface area contributed by atoms with Gasteiger partial charge in [0.1, 0.15) is 11.6 Å². The van der Waals surface area contributed by atoms with E-state index in [1.165, 1.54) is 38.2 Å². The molecule has 0 spiro atoms. The first-order chi connectivity index (χ1) is 9.79. The summed E-state index contributed by atoms with van der Waals surface area (Å²) >= 11 is 0. The normalized spacial score (nSPS) is 16.3. The molecule has 0 bridgehead atoms. The van der Waals surface area contributed by atoms with Crippen LogP contribution in [0.25, 0.3) is 0 Å². The van der Waals surface area contributed by atoms with Gasteiger partial charge in [0, 0.05) is 12.1 Å². The summed E-state index contributed by atoms with van der Waals surface area (Å²) in [5, 5.41) is 3.31. The maximum absolute atomic E-state index is 13.4. The average Bonchev–Trinajstić information content (AvgIpc) is 2.48. The number of halogens is 1. The van der Waals surface area contributed by atoms with Gasteiger partial charge in [-0.1, -0.05) is 26.2 Å². The summed E-state index contributed by atoms with van der Waals surface area (Å²) in [6.07, 6.45) is 7.62. The first-order valence-electron chi connectivity index (χ1n) is 7.91. The van der Waals surface area contributed by atoms with E-state index in [4.69, 9.17) is 4.74 Å². The van der Waals surface area contributed by atoms with Crippen molar-refractivity contribution in [3.05, 3.63) is 29.6 Å². The lowest BCUT2D eigenvalue weighted by atomic mass is 9.90. The molecule has 20 heavy (non-hydrogen) atoms. The number of hydrogen-bond acceptors (Lipinski definition) is 2. The molecule has 0 heterocycles. The van der Waals surface area contributed by atoms with Gasteiger partial charge in [-0.05, 0) is 49.9 Å². The fourth-order valence-electron chi connectivity index (χ4n) is 2.79. The van der Waals surface area contributed by atoms with Crippen molar-refractivity contribution < 1.29 is 9.13 Å². The summed E-state index contributed by atoms with van der Waals surface area (Å²) in [5.41, 5.74) is 0.925. The third-order valence-corrected chi connectivity index (χ3v) is 3.96. The van der Waals surface area contributed by atoms with Crippen molar-refractivity contribution in [1.82, 2.24) is 5.32 Å². The second-order valence-electron chi connectivity index (χ2n) is 5.74. The Hall–Kier alpha value is -1.09. The monoisotopic (exact) mass is 279 g/mol. The second-order valence-corrected chi connectivity index (χ2v) is 5.74. The van der Waals surface area contributed by atoms with Crippen LogP contribution in [-0.4, -0.2) is 13.2 Å². The maximum atomic E-state index is 13.4. The Balaban J connectivity index is 1.91. The van der Waals surface area contributed by atoms with Gasteiger partial charge in [0.25, 0.3) is 0 Å². The van der Waals surface area contributed by atoms with Crippen LogP contribution in [0, 0.1) is 11.7 Å². The lowest BCUT2D eigenvalue weighted by Crippen LogP contribution is -2.18. The number of ether oxygens (including phenoxy) is 1. The van der Waals surface area contributed by atoms with Crippen molar-refractivity contribution >= 4 is 0 Å². The highest BCUT2D eigenvalue weighted by Crippen LogP contribution is 2.26. The van der Waals surface area contributed by atoms with Crippen LogP contribution in [0.15, 0.2) is 18.2 Å². The van der Waals surface area contributed by atoms with Gasteiger partial charge < -0.3 is 10.1 Å². The van der Waals surface area contributed by atoms with Gasteiger partial charge in [-0.3, -0.25) is 0 Å². The third kappa shape index (κ3) is 4.78. The minimum absolute atomic E-state index is 0.191. The Morgan fingerprint density at radius 2 is 2.05 bits per heavy atom. The molecule has 0 amide bonds. The molecular weight excluding hydrogens is 253 g/mol. The largest absolute Gasteiger partial charge is 0.493 e. The summed E-state index contributed by atoms with van der Waals surface area (Å²) in [4.78, 5) is 0. The second kappa shape index (κ2) is 8.25. The predicted molar refractivity (Wildman–Crippen MR) is 80.5 cm³/mol. The summed E-state index contributed by atoms with van der Waals surface area (Å²) in [5.74, 6) is 1.31. The van der Waals surface area contributed by atoms with Gasteiger partial charge in [0.15, 0.2) is 0 Å². The van der Waals surface area contributed by atoms with Gasteiger partial charge >= 0.3 is 0 Å². The number of benzene rings is 1. The van der Waals surface area contributed by atoms with Crippen LogP contribution in [0.5, 0.6) is 5.75 Å². The molecule has 2 nitrogen and oxygen atoms in total. The molecule has 3 heteroatoms. The van der Waals surface area contributed by atoms with E-state index in [2.05, 4.69) is 12.2 Å². The number of rotatable bonds is 7. The summed E-state index contributed by atoms with van der Waals surface area (Å²) in [6, 6.07) is 4.83. The summed E-state index contributed by atoms with van der Waals surface area (Å²) < 4.78 is 19.3. The van der Waals surface area contributed by atoms with E-state index in [9.17, 15) is 4.39 Å². The van der Waals surface area contributed by atoms with Crippen molar-refractivity contribution in [2.75, 3.05) is 13.2 Å². The quantitative estimate of drug-likeness (QED) is 0.752. The topological polar surface area (TPSA) is 21.3 Å². The van der Waals surface area contributed by atoms with Gasteiger partial charge in [-0.25, -0.2) is 4.39 Å². The number of hydrogen-bond donors (Lipinski definition) is 1. The predicted octanol–water partition coefficient (Wildman–Crippen LogP) is 4.28. The Morgan fingerprint density at radius 1 is 1.25 bits per heavy atom. The van der Waals surface area contributed by atoms with E-state index in [0.29, 0.717) is 12.5 Å². The van der Waals surface area contributed by atoms with Crippen molar-refractivity contribution in [1.29, 1.82) is 0 Å². The molecule has 0 radical (unpaired) electrons. The Labute approximate surface area is 121 Å². The number of nitrogens with one attached hydrogen (secondary N) is 1. The highest BCUT2D eigenvalue weighted by Gasteiger charge is 2.15. The standard InChI is InChI=1S/C17H26FNO/c1-2-10-19-12-15-11-16(18)8-9-17(15)20-13-14-6-4-3-5-7-14/h8-9,11,14,19H,2-7,10,12-13H2,1H3. The smallest absolute Gasteiger partial charge is 0.123 e. The average molecular weight is 279 g/mol. The van der Waals surface area contributed by atoms with Crippen LogP contribution >= 0.6 is 0 Å². The van der Waals surface area contributed by atoms with E-state index < -0.39 is 0 Å². The molecule has 2 rings (SSSR count). The van der Waals surface area contributed by atoms with E-state index in [1.54, 1.807) is 12.1 Å². The minimum atomic E-state index is -0.191. The zero-order chi connectivity index (χ0) is 14.2. The molecule has 1 aliphatic carbocycles. The molecule has 1 aliphatic rings. The van der Waals surface area contributed by atoms with E-state index in [0.717, 1.165) is 30.9 Å². The molecule has 0 aromatic heterocycles. The van der Waals surface area contributed by atoms with Crippen LogP contribution in [0.2, 0.25) is 0 Å². The lowest BCUT2D eigenvalue weighted by molar-refractivity contribution is 0.207. The van der Waals surface area contributed by atoms with E-state index in [1.807, 2.05) is 0 Å². The molecule has 1 aromatic carbocycles. The molecule has 1 fully saturated rings. The first-order valence-corrected chi connectivity index (χ1v) is 7.91. The van der Waals surface area contributed by atoms with E-state index in [-0.39, 0.29) is 5.82 Å². The molecule has 0 unspecified atom stereocenters. The molecule has 0 atom stereocenters. The molecule has 0 saturated heterocycles. The third-order valence-electron chi connectivity index (χ3n) is 3.96. The molecule has 0 aliphatic heterocycles. The molecular formula is C17H26FNO. The SMILES string of the molecule is CCCNCc1cc(F)ccc1OCC1CCCCC1. The molecule has 112 valence electrons. The van der Waals surface area contributed by atoms with Crippen LogP contribution < -0.4 is 10.1 Å².